The van der Waals surface area contributed by atoms with Gasteiger partial charge in [-0.1, -0.05) is 6.92 Å². The lowest BCUT2D eigenvalue weighted by molar-refractivity contribution is 0.0518. The Morgan fingerprint density at radius 1 is 1.56 bits per heavy atom. The van der Waals surface area contributed by atoms with Crippen molar-refractivity contribution >= 4 is 21.8 Å². The van der Waals surface area contributed by atoms with Gasteiger partial charge in [-0.25, -0.2) is 0 Å². The van der Waals surface area contributed by atoms with Crippen molar-refractivity contribution in [2.75, 3.05) is 13.7 Å². The number of methoxy groups -OCH3 is 1. The maximum absolute atomic E-state index is 12.0. The molecule has 0 spiro atoms. The summed E-state index contributed by atoms with van der Waals surface area (Å²) >= 11 is 3.32. The topological polar surface area (TPSA) is 58.6 Å². The number of benzene rings is 1. The van der Waals surface area contributed by atoms with Crippen LogP contribution in [0.2, 0.25) is 0 Å². The second-order valence-corrected chi connectivity index (χ2v) is 5.23. The molecule has 0 saturated heterocycles. The lowest BCUT2D eigenvalue weighted by Crippen LogP contribution is -2.40. The summed E-state index contributed by atoms with van der Waals surface area (Å²) in [5.74, 6) is 0.375. The van der Waals surface area contributed by atoms with Gasteiger partial charge in [-0.15, -0.1) is 0 Å². The van der Waals surface area contributed by atoms with Gasteiger partial charge in [-0.05, 0) is 47.5 Å². The number of amides is 1. The molecule has 1 amide bonds. The van der Waals surface area contributed by atoms with Gasteiger partial charge in [0.05, 0.1) is 18.3 Å². The van der Waals surface area contributed by atoms with Crippen LogP contribution in [0.3, 0.4) is 0 Å². The minimum atomic E-state index is -0.888. The maximum atomic E-state index is 12.0. The molecule has 1 aromatic rings. The third kappa shape index (κ3) is 3.99. The maximum Gasteiger partial charge on any atom is 0.252 e. The average Bonchev–Trinajstić information content (AvgIpc) is 2.36. The Hall–Kier alpha value is -1.07. The summed E-state index contributed by atoms with van der Waals surface area (Å²) < 4.78 is 5.77. The molecule has 0 aliphatic heterocycles. The summed E-state index contributed by atoms with van der Waals surface area (Å²) in [6.45, 7) is 3.77. The lowest BCUT2D eigenvalue weighted by Gasteiger charge is -2.21. The minimum absolute atomic E-state index is 0.214. The number of aliphatic hydroxyl groups is 1. The molecule has 1 rings (SSSR count). The van der Waals surface area contributed by atoms with E-state index in [1.807, 2.05) is 6.92 Å². The summed E-state index contributed by atoms with van der Waals surface area (Å²) in [5.41, 5.74) is -0.401. The first-order valence-corrected chi connectivity index (χ1v) is 6.53. The first kappa shape index (κ1) is 15.0. The number of hydrogen-bond donors (Lipinski definition) is 2. The number of rotatable bonds is 5. The SMILES string of the molecule is CCC(C)(O)CNC(=O)c1cc(OC)ccc1Br. The van der Waals surface area contributed by atoms with E-state index in [2.05, 4.69) is 21.2 Å². The standard InChI is InChI=1S/C13H18BrNO3/c1-4-13(2,17)8-15-12(16)10-7-9(18-3)5-6-11(10)14/h5-7,17H,4,8H2,1-3H3,(H,15,16). The van der Waals surface area contributed by atoms with Crippen molar-refractivity contribution < 1.29 is 14.6 Å². The summed E-state index contributed by atoms with van der Waals surface area (Å²) in [6.07, 6.45) is 0.576. The molecular weight excluding hydrogens is 298 g/mol. The van der Waals surface area contributed by atoms with Crippen molar-refractivity contribution in [1.29, 1.82) is 0 Å². The molecule has 1 atom stereocenters. The van der Waals surface area contributed by atoms with Crippen LogP contribution in [0.15, 0.2) is 22.7 Å². The molecule has 18 heavy (non-hydrogen) atoms. The van der Waals surface area contributed by atoms with Crippen molar-refractivity contribution in [3.63, 3.8) is 0 Å². The largest absolute Gasteiger partial charge is 0.497 e. The van der Waals surface area contributed by atoms with Crippen LogP contribution in [0.1, 0.15) is 30.6 Å². The first-order valence-electron chi connectivity index (χ1n) is 5.73. The number of carbonyl (C=O) groups is 1. The Morgan fingerprint density at radius 3 is 2.78 bits per heavy atom. The zero-order valence-electron chi connectivity index (χ0n) is 10.8. The van der Waals surface area contributed by atoms with Crippen LogP contribution >= 0.6 is 15.9 Å². The summed E-state index contributed by atoms with van der Waals surface area (Å²) in [4.78, 5) is 12.0. The molecule has 0 bridgehead atoms. The molecule has 0 saturated carbocycles. The quantitative estimate of drug-likeness (QED) is 0.877. The summed E-state index contributed by atoms with van der Waals surface area (Å²) in [7, 11) is 1.55. The molecular formula is C13H18BrNO3. The van der Waals surface area contributed by atoms with E-state index in [0.717, 1.165) is 0 Å². The number of hydrogen-bond acceptors (Lipinski definition) is 3. The Morgan fingerprint density at radius 2 is 2.22 bits per heavy atom. The van der Waals surface area contributed by atoms with Gasteiger partial charge in [0.1, 0.15) is 5.75 Å². The van der Waals surface area contributed by atoms with Gasteiger partial charge in [-0.3, -0.25) is 4.79 Å². The van der Waals surface area contributed by atoms with Gasteiger partial charge in [0.25, 0.3) is 5.91 Å². The fourth-order valence-corrected chi connectivity index (χ4v) is 1.72. The van der Waals surface area contributed by atoms with Gasteiger partial charge in [0.15, 0.2) is 0 Å². The van der Waals surface area contributed by atoms with E-state index in [1.54, 1.807) is 32.2 Å². The monoisotopic (exact) mass is 315 g/mol. The molecule has 0 aliphatic rings. The molecule has 4 nitrogen and oxygen atoms in total. The normalized spacial score (nSPS) is 13.8. The van der Waals surface area contributed by atoms with Gasteiger partial charge in [0.2, 0.25) is 0 Å². The number of halogens is 1. The Balaban J connectivity index is 2.78. The third-order valence-electron chi connectivity index (χ3n) is 2.81. The predicted molar refractivity (Wildman–Crippen MR) is 73.9 cm³/mol. The number of carbonyl (C=O) groups excluding carboxylic acids is 1. The lowest BCUT2D eigenvalue weighted by atomic mass is 10.0. The van der Waals surface area contributed by atoms with E-state index in [4.69, 9.17) is 4.74 Å². The highest BCUT2D eigenvalue weighted by atomic mass is 79.9. The molecule has 2 N–H and O–H groups in total. The number of nitrogens with one attached hydrogen (secondary N) is 1. The summed E-state index contributed by atoms with van der Waals surface area (Å²) in [5, 5.41) is 12.5. The van der Waals surface area contributed by atoms with Crippen molar-refractivity contribution in [2.24, 2.45) is 0 Å². The molecule has 0 radical (unpaired) electrons. The van der Waals surface area contributed by atoms with Crippen LogP contribution in [0.4, 0.5) is 0 Å². The van der Waals surface area contributed by atoms with Crippen LogP contribution in [-0.2, 0) is 0 Å². The minimum Gasteiger partial charge on any atom is -0.497 e. The molecule has 100 valence electrons. The molecule has 1 aromatic carbocycles. The number of ether oxygens (including phenoxy) is 1. The zero-order valence-corrected chi connectivity index (χ0v) is 12.4. The summed E-state index contributed by atoms with van der Waals surface area (Å²) in [6, 6.07) is 5.18. The fourth-order valence-electron chi connectivity index (χ4n) is 1.30. The van der Waals surface area contributed by atoms with Crippen LogP contribution in [0.25, 0.3) is 0 Å². The zero-order chi connectivity index (χ0) is 13.8. The molecule has 5 heteroatoms. The van der Waals surface area contributed by atoms with Crippen LogP contribution in [-0.4, -0.2) is 30.3 Å². The average molecular weight is 316 g/mol. The van der Waals surface area contributed by atoms with E-state index in [9.17, 15) is 9.90 Å². The van der Waals surface area contributed by atoms with Gasteiger partial charge in [0, 0.05) is 11.0 Å². The predicted octanol–water partition coefficient (Wildman–Crippen LogP) is 2.35. The Bertz CT molecular complexity index is 432. The van der Waals surface area contributed by atoms with Gasteiger partial charge in [-0.2, -0.15) is 0 Å². The van der Waals surface area contributed by atoms with Crippen LogP contribution < -0.4 is 10.1 Å². The first-order chi connectivity index (χ1) is 8.39. The molecule has 0 fully saturated rings. The van der Waals surface area contributed by atoms with E-state index >= 15 is 0 Å². The second-order valence-electron chi connectivity index (χ2n) is 4.38. The second kappa shape index (κ2) is 6.20. The van der Waals surface area contributed by atoms with Crippen LogP contribution in [0, 0.1) is 0 Å². The van der Waals surface area contributed by atoms with E-state index in [1.165, 1.54) is 0 Å². The van der Waals surface area contributed by atoms with E-state index < -0.39 is 5.60 Å². The third-order valence-corrected chi connectivity index (χ3v) is 3.50. The highest BCUT2D eigenvalue weighted by Gasteiger charge is 2.19. The van der Waals surface area contributed by atoms with E-state index in [-0.39, 0.29) is 12.5 Å². The van der Waals surface area contributed by atoms with Gasteiger partial charge < -0.3 is 15.2 Å². The van der Waals surface area contributed by atoms with Crippen LogP contribution in [0.5, 0.6) is 5.75 Å². The Labute approximate surface area is 115 Å². The highest BCUT2D eigenvalue weighted by molar-refractivity contribution is 9.10. The van der Waals surface area contributed by atoms with Crippen molar-refractivity contribution in [1.82, 2.24) is 5.32 Å². The Kier molecular flexibility index (Phi) is 5.16. The van der Waals surface area contributed by atoms with Crippen molar-refractivity contribution in [3.8, 4) is 5.75 Å². The fraction of sp³-hybridized carbons (Fsp3) is 0.462. The molecule has 1 unspecified atom stereocenters. The highest BCUT2D eigenvalue weighted by Crippen LogP contribution is 2.22. The van der Waals surface area contributed by atoms with Gasteiger partial charge >= 0.3 is 0 Å². The molecule has 0 aliphatic carbocycles. The van der Waals surface area contributed by atoms with Crippen molar-refractivity contribution in [3.05, 3.63) is 28.2 Å². The smallest absolute Gasteiger partial charge is 0.252 e. The molecule has 0 aromatic heterocycles. The molecule has 0 heterocycles. The van der Waals surface area contributed by atoms with E-state index in [0.29, 0.717) is 22.2 Å². The van der Waals surface area contributed by atoms with Crippen molar-refractivity contribution in [2.45, 2.75) is 25.9 Å².